The van der Waals surface area contributed by atoms with Crippen LogP contribution in [0.3, 0.4) is 0 Å². The van der Waals surface area contributed by atoms with Gasteiger partial charge in [0.2, 0.25) is 5.60 Å². The molecule has 1 unspecified atom stereocenters. The minimum atomic E-state index is -1.28. The number of carbonyl (C=O) groups excluding carboxylic acids is 1. The van der Waals surface area contributed by atoms with Gasteiger partial charge in [-0.3, -0.25) is 4.90 Å². The predicted molar refractivity (Wildman–Crippen MR) is 104 cm³/mol. The maximum absolute atomic E-state index is 13.4. The van der Waals surface area contributed by atoms with Crippen LogP contribution >= 0.6 is 0 Å². The zero-order valence-electron chi connectivity index (χ0n) is 16.1. The summed E-state index contributed by atoms with van der Waals surface area (Å²) in [4.78, 5) is 15.5. The van der Waals surface area contributed by atoms with E-state index in [-0.39, 0.29) is 6.23 Å². The van der Waals surface area contributed by atoms with Gasteiger partial charge in [-0.05, 0) is 38.1 Å². The van der Waals surface area contributed by atoms with Gasteiger partial charge in [-0.1, -0.05) is 74.5 Å². The molecule has 26 heavy (non-hydrogen) atoms. The van der Waals surface area contributed by atoms with Crippen LogP contribution in [0.5, 0.6) is 0 Å². The van der Waals surface area contributed by atoms with Crippen LogP contribution in [0.1, 0.15) is 38.8 Å². The third-order valence-electron chi connectivity index (χ3n) is 4.61. The fourth-order valence-electron chi connectivity index (χ4n) is 3.24. The van der Waals surface area contributed by atoms with Crippen molar-refractivity contribution in [1.29, 1.82) is 0 Å². The molecule has 0 aliphatic rings. The zero-order valence-corrected chi connectivity index (χ0v) is 16.1. The summed E-state index contributed by atoms with van der Waals surface area (Å²) in [5.41, 5.74) is 0.258. The highest BCUT2D eigenvalue weighted by atomic mass is 16.6. The highest BCUT2D eigenvalue weighted by Crippen LogP contribution is 2.35. The van der Waals surface area contributed by atoms with Crippen molar-refractivity contribution in [3.63, 3.8) is 0 Å². The van der Waals surface area contributed by atoms with Crippen LogP contribution in [-0.4, -0.2) is 36.8 Å². The van der Waals surface area contributed by atoms with Gasteiger partial charge in [0.05, 0.1) is 0 Å². The van der Waals surface area contributed by atoms with Gasteiger partial charge in [-0.25, -0.2) is 4.79 Å². The topological polar surface area (TPSA) is 38.8 Å². The van der Waals surface area contributed by atoms with Crippen molar-refractivity contribution in [1.82, 2.24) is 4.90 Å². The molecule has 0 aromatic heterocycles. The lowest BCUT2D eigenvalue weighted by molar-refractivity contribution is -0.181. The van der Waals surface area contributed by atoms with E-state index in [1.54, 1.807) is 0 Å². The van der Waals surface area contributed by atoms with E-state index in [0.717, 1.165) is 24.2 Å². The second kappa shape index (κ2) is 9.51. The lowest BCUT2D eigenvalue weighted by atomic mass is 9.86. The number of hydrogen-bond donors (Lipinski definition) is 0. The van der Waals surface area contributed by atoms with Crippen LogP contribution in [0.4, 0.5) is 0 Å². The Labute approximate surface area is 156 Å². The van der Waals surface area contributed by atoms with E-state index in [0.29, 0.717) is 6.61 Å². The third kappa shape index (κ3) is 4.14. The summed E-state index contributed by atoms with van der Waals surface area (Å²) in [6.45, 7) is 9.90. The molecule has 2 aromatic rings. The second-order valence-electron chi connectivity index (χ2n) is 6.07. The number of carbonyl (C=O) groups is 1. The maximum Gasteiger partial charge on any atom is 0.349 e. The molecule has 0 spiro atoms. The standard InChI is InChI=1S/C22H29NO3/c1-5-23(6-2)18(4)26-21(24)22(25-7-3,19-14-10-8-11-15-19)20-16-12-9-13-17-20/h8-18H,5-7H2,1-4H3. The first-order chi connectivity index (χ1) is 12.6. The van der Waals surface area contributed by atoms with Crippen molar-refractivity contribution >= 4 is 5.97 Å². The van der Waals surface area contributed by atoms with Crippen molar-refractivity contribution in [2.24, 2.45) is 0 Å². The zero-order chi connectivity index (χ0) is 19.0. The Bertz CT molecular complexity index is 629. The van der Waals surface area contributed by atoms with Crippen LogP contribution in [0.15, 0.2) is 60.7 Å². The van der Waals surface area contributed by atoms with Gasteiger partial charge in [0, 0.05) is 6.61 Å². The molecule has 140 valence electrons. The molecule has 0 N–H and O–H groups in total. The monoisotopic (exact) mass is 355 g/mol. The molecule has 0 fully saturated rings. The summed E-state index contributed by atoms with van der Waals surface area (Å²) in [6.07, 6.45) is -0.329. The van der Waals surface area contributed by atoms with Crippen LogP contribution in [0.2, 0.25) is 0 Å². The highest BCUT2D eigenvalue weighted by Gasteiger charge is 2.45. The van der Waals surface area contributed by atoms with Gasteiger partial charge in [-0.2, -0.15) is 0 Å². The predicted octanol–water partition coefficient (Wildman–Crippen LogP) is 4.20. The number of rotatable bonds is 9. The molecule has 0 amide bonds. The van der Waals surface area contributed by atoms with Crippen LogP contribution in [0, 0.1) is 0 Å². The summed E-state index contributed by atoms with van der Waals surface area (Å²) in [5.74, 6) is -0.392. The van der Waals surface area contributed by atoms with E-state index in [9.17, 15) is 4.79 Å². The van der Waals surface area contributed by atoms with E-state index in [1.807, 2.05) is 74.5 Å². The molecule has 2 rings (SSSR count). The normalized spacial score (nSPS) is 12.8. The summed E-state index contributed by atoms with van der Waals surface area (Å²) in [7, 11) is 0. The van der Waals surface area contributed by atoms with Gasteiger partial charge in [0.15, 0.2) is 6.23 Å². The van der Waals surface area contributed by atoms with Crippen molar-refractivity contribution in [3.8, 4) is 0 Å². The Hall–Kier alpha value is -2.17. The number of hydrogen-bond acceptors (Lipinski definition) is 4. The fraction of sp³-hybridized carbons (Fsp3) is 0.409. The lowest BCUT2D eigenvalue weighted by Crippen LogP contribution is -2.46. The first-order valence-electron chi connectivity index (χ1n) is 9.30. The first-order valence-corrected chi connectivity index (χ1v) is 9.30. The minimum absolute atomic E-state index is 0.329. The van der Waals surface area contributed by atoms with Crippen molar-refractivity contribution in [3.05, 3.63) is 71.8 Å². The molecule has 0 saturated heterocycles. The highest BCUT2D eigenvalue weighted by molar-refractivity contribution is 5.86. The molecular formula is C22H29NO3. The Kier molecular flexibility index (Phi) is 7.37. The smallest absolute Gasteiger partial charge is 0.349 e. The maximum atomic E-state index is 13.4. The van der Waals surface area contributed by atoms with Crippen molar-refractivity contribution in [2.75, 3.05) is 19.7 Å². The quantitative estimate of drug-likeness (QED) is 0.499. The number of nitrogens with zero attached hydrogens (tertiary/aromatic N) is 1. The molecule has 0 aliphatic heterocycles. The summed E-state index contributed by atoms with van der Waals surface area (Å²) >= 11 is 0. The molecule has 2 aromatic carbocycles. The summed E-state index contributed by atoms with van der Waals surface area (Å²) in [5, 5.41) is 0. The largest absolute Gasteiger partial charge is 0.444 e. The molecule has 4 nitrogen and oxygen atoms in total. The summed E-state index contributed by atoms with van der Waals surface area (Å²) < 4.78 is 12.0. The number of benzene rings is 2. The van der Waals surface area contributed by atoms with Gasteiger partial charge >= 0.3 is 5.97 Å². The lowest BCUT2D eigenvalue weighted by Gasteiger charge is -2.35. The minimum Gasteiger partial charge on any atom is -0.444 e. The molecule has 4 heteroatoms. The molecular weight excluding hydrogens is 326 g/mol. The van der Waals surface area contributed by atoms with Crippen LogP contribution in [-0.2, 0) is 19.9 Å². The Balaban J connectivity index is 2.51. The second-order valence-corrected chi connectivity index (χ2v) is 6.07. The molecule has 1 atom stereocenters. The van der Waals surface area contributed by atoms with Gasteiger partial charge in [-0.15, -0.1) is 0 Å². The number of esters is 1. The van der Waals surface area contributed by atoms with Crippen LogP contribution in [0.25, 0.3) is 0 Å². The van der Waals surface area contributed by atoms with Crippen LogP contribution < -0.4 is 0 Å². The van der Waals surface area contributed by atoms with Crippen molar-refractivity contribution < 1.29 is 14.3 Å². The molecule has 0 bridgehead atoms. The molecule has 0 radical (unpaired) electrons. The van der Waals surface area contributed by atoms with E-state index in [2.05, 4.69) is 18.7 Å². The first kappa shape index (κ1) is 20.1. The average molecular weight is 355 g/mol. The number of ether oxygens (including phenoxy) is 2. The van der Waals surface area contributed by atoms with Gasteiger partial charge < -0.3 is 9.47 Å². The fourth-order valence-corrected chi connectivity index (χ4v) is 3.24. The Morgan fingerprint density at radius 2 is 1.38 bits per heavy atom. The SMILES string of the molecule is CCOC(C(=O)OC(C)N(CC)CC)(c1ccccc1)c1ccccc1. The van der Waals surface area contributed by atoms with Gasteiger partial charge in [0.1, 0.15) is 0 Å². The van der Waals surface area contributed by atoms with Crippen molar-refractivity contribution in [2.45, 2.75) is 39.5 Å². The Morgan fingerprint density at radius 3 is 1.77 bits per heavy atom. The van der Waals surface area contributed by atoms with E-state index in [1.165, 1.54) is 0 Å². The average Bonchev–Trinajstić information content (AvgIpc) is 2.68. The molecule has 0 aliphatic carbocycles. The Morgan fingerprint density at radius 1 is 0.923 bits per heavy atom. The summed E-state index contributed by atoms with van der Waals surface area (Å²) in [6, 6.07) is 19.1. The van der Waals surface area contributed by atoms with E-state index >= 15 is 0 Å². The van der Waals surface area contributed by atoms with E-state index < -0.39 is 11.6 Å². The van der Waals surface area contributed by atoms with E-state index in [4.69, 9.17) is 9.47 Å². The van der Waals surface area contributed by atoms with Gasteiger partial charge in [0.25, 0.3) is 0 Å². The molecule has 0 heterocycles. The third-order valence-corrected chi connectivity index (χ3v) is 4.61. The molecule has 0 saturated carbocycles.